The van der Waals surface area contributed by atoms with Gasteiger partial charge in [0.05, 0.1) is 12.5 Å². The number of carboxylic acids is 1. The van der Waals surface area contributed by atoms with Crippen LogP contribution in [0.2, 0.25) is 0 Å². The number of piperidine rings is 1. The summed E-state index contributed by atoms with van der Waals surface area (Å²) in [6.07, 6.45) is -1.26. The summed E-state index contributed by atoms with van der Waals surface area (Å²) in [4.78, 5) is 49.4. The maximum atomic E-state index is 13.7. The van der Waals surface area contributed by atoms with E-state index < -0.39 is 77.8 Å². The number of amides is 2. The number of Topliss-reactive ketones (excluding diaryl/α,β-unsaturated/α-hetero) is 1. The van der Waals surface area contributed by atoms with E-state index in [9.17, 15) is 36.7 Å². The predicted molar refractivity (Wildman–Crippen MR) is 107 cm³/mol. The Hall–Kier alpha value is -3.38. The van der Waals surface area contributed by atoms with Crippen LogP contribution in [0.15, 0.2) is 6.07 Å². The third-order valence-electron chi connectivity index (χ3n) is 4.97. The van der Waals surface area contributed by atoms with E-state index in [1.807, 2.05) is 0 Å². The molecule has 188 valence electrons. The van der Waals surface area contributed by atoms with Crippen molar-refractivity contribution in [2.75, 3.05) is 19.7 Å². The molecule has 2 rings (SSSR count). The molecule has 1 aromatic carbocycles. The van der Waals surface area contributed by atoms with Gasteiger partial charge in [-0.05, 0) is 26.7 Å². The molecular weight excluding hydrogens is 468 g/mol. The minimum atomic E-state index is -1.87. The average Bonchev–Trinajstić information content (AvgIpc) is 2.76. The summed E-state index contributed by atoms with van der Waals surface area (Å²) >= 11 is 0. The number of likely N-dealkylation sites (tertiary alicyclic amines) is 1. The number of carboxylic acid groups (broad SMARTS) is 1. The van der Waals surface area contributed by atoms with E-state index in [1.165, 1.54) is 4.90 Å². The molecule has 1 unspecified atom stereocenters. The fourth-order valence-corrected chi connectivity index (χ4v) is 3.23. The van der Waals surface area contributed by atoms with Crippen molar-refractivity contribution in [3.05, 3.63) is 29.3 Å². The molecule has 1 atom stereocenters. The number of nitrogens with one attached hydrogen (secondary N) is 1. The molecule has 9 nitrogen and oxygen atoms in total. The standard InChI is InChI=1S/C21H24F4N2O7/c1-10(2)34-21(32)27-5-3-11(4-6-27)20(31)26-14(8-16(29)30)15(28)9-33-19-17(24)12(22)7-13(23)18(19)25/h7,10-11,14H,3-6,8-9H2,1-2H3,(H,26,31)(H,29,30). The first-order chi connectivity index (χ1) is 15.9. The number of ketones is 1. The Labute approximate surface area is 192 Å². The van der Waals surface area contributed by atoms with Gasteiger partial charge in [-0.2, -0.15) is 8.78 Å². The van der Waals surface area contributed by atoms with Crippen LogP contribution in [0.1, 0.15) is 33.1 Å². The number of benzene rings is 1. The number of ether oxygens (including phenoxy) is 2. The van der Waals surface area contributed by atoms with Crippen LogP contribution in [0.5, 0.6) is 5.75 Å². The van der Waals surface area contributed by atoms with Crippen molar-refractivity contribution in [1.29, 1.82) is 0 Å². The number of aliphatic carboxylic acids is 1. The van der Waals surface area contributed by atoms with Crippen molar-refractivity contribution in [2.24, 2.45) is 5.92 Å². The molecule has 0 saturated carbocycles. The van der Waals surface area contributed by atoms with Crippen LogP contribution in [0.25, 0.3) is 0 Å². The Bertz CT molecular complexity index is 923. The highest BCUT2D eigenvalue weighted by Gasteiger charge is 2.32. The van der Waals surface area contributed by atoms with E-state index in [4.69, 9.17) is 9.84 Å². The van der Waals surface area contributed by atoms with Crippen LogP contribution in [0, 0.1) is 29.2 Å². The van der Waals surface area contributed by atoms with Crippen LogP contribution in [0.4, 0.5) is 22.4 Å². The van der Waals surface area contributed by atoms with Gasteiger partial charge in [0.15, 0.2) is 23.2 Å². The van der Waals surface area contributed by atoms with Crippen molar-refractivity contribution >= 4 is 23.8 Å². The van der Waals surface area contributed by atoms with Gasteiger partial charge in [-0.15, -0.1) is 0 Å². The quantitative estimate of drug-likeness (QED) is 0.401. The van der Waals surface area contributed by atoms with Crippen molar-refractivity contribution in [3.63, 3.8) is 0 Å². The van der Waals surface area contributed by atoms with E-state index in [-0.39, 0.29) is 38.1 Å². The van der Waals surface area contributed by atoms with Gasteiger partial charge in [0.2, 0.25) is 17.5 Å². The maximum absolute atomic E-state index is 13.7. The number of hydrogen-bond acceptors (Lipinski definition) is 6. The van der Waals surface area contributed by atoms with E-state index >= 15 is 0 Å². The van der Waals surface area contributed by atoms with Gasteiger partial charge in [-0.1, -0.05) is 0 Å². The highest BCUT2D eigenvalue weighted by Crippen LogP contribution is 2.26. The van der Waals surface area contributed by atoms with Crippen LogP contribution in [0.3, 0.4) is 0 Å². The van der Waals surface area contributed by atoms with Crippen LogP contribution in [-0.2, 0) is 19.1 Å². The smallest absolute Gasteiger partial charge is 0.410 e. The van der Waals surface area contributed by atoms with Crippen molar-refractivity contribution in [3.8, 4) is 5.75 Å². The maximum Gasteiger partial charge on any atom is 0.410 e. The minimum Gasteiger partial charge on any atom is -0.481 e. The highest BCUT2D eigenvalue weighted by atomic mass is 19.2. The average molecular weight is 492 g/mol. The molecule has 13 heteroatoms. The fraction of sp³-hybridized carbons (Fsp3) is 0.524. The van der Waals surface area contributed by atoms with Gasteiger partial charge in [0, 0.05) is 25.1 Å². The Morgan fingerprint density at radius 3 is 2.15 bits per heavy atom. The largest absolute Gasteiger partial charge is 0.481 e. The lowest BCUT2D eigenvalue weighted by Gasteiger charge is -2.31. The number of nitrogens with zero attached hydrogens (tertiary/aromatic N) is 1. The number of carbonyl (C=O) groups is 4. The molecule has 0 radical (unpaired) electrons. The van der Waals surface area contributed by atoms with Gasteiger partial charge >= 0.3 is 12.1 Å². The molecule has 2 amide bonds. The first-order valence-electron chi connectivity index (χ1n) is 10.4. The molecule has 0 aliphatic carbocycles. The number of carbonyl (C=O) groups excluding carboxylic acids is 3. The molecule has 0 spiro atoms. The summed E-state index contributed by atoms with van der Waals surface area (Å²) in [6.45, 7) is 2.63. The monoisotopic (exact) mass is 492 g/mol. The Balaban J connectivity index is 1.99. The topological polar surface area (TPSA) is 122 Å². The zero-order chi connectivity index (χ0) is 25.6. The summed E-state index contributed by atoms with van der Waals surface area (Å²) in [5.74, 6) is -12.6. The highest BCUT2D eigenvalue weighted by molar-refractivity contribution is 5.93. The third kappa shape index (κ3) is 7.06. The van der Waals surface area contributed by atoms with Gasteiger partial charge in [0.1, 0.15) is 12.6 Å². The normalized spacial score (nSPS) is 15.1. The van der Waals surface area contributed by atoms with Gasteiger partial charge in [-0.3, -0.25) is 14.4 Å². The second kappa shape index (κ2) is 11.7. The van der Waals surface area contributed by atoms with E-state index in [1.54, 1.807) is 13.8 Å². The van der Waals surface area contributed by atoms with Gasteiger partial charge in [0.25, 0.3) is 0 Å². The molecule has 1 aromatic rings. The molecule has 0 aromatic heterocycles. The van der Waals surface area contributed by atoms with E-state index in [2.05, 4.69) is 10.1 Å². The first kappa shape index (κ1) is 26.9. The van der Waals surface area contributed by atoms with Crippen LogP contribution < -0.4 is 10.1 Å². The molecule has 1 heterocycles. The van der Waals surface area contributed by atoms with E-state index in [0.717, 1.165) is 0 Å². The lowest BCUT2D eigenvalue weighted by molar-refractivity contribution is -0.141. The Kier molecular flexibility index (Phi) is 9.21. The predicted octanol–water partition coefficient (Wildman–Crippen LogP) is 2.41. The van der Waals surface area contributed by atoms with Crippen LogP contribution in [-0.4, -0.2) is 65.6 Å². The third-order valence-corrected chi connectivity index (χ3v) is 4.97. The van der Waals surface area contributed by atoms with Crippen LogP contribution >= 0.6 is 0 Å². The SMILES string of the molecule is CC(C)OC(=O)N1CCC(C(=O)NC(CC(=O)O)C(=O)COc2c(F)c(F)cc(F)c2F)CC1. The number of rotatable bonds is 9. The molecular formula is C21H24F4N2O7. The zero-order valence-corrected chi connectivity index (χ0v) is 18.4. The molecule has 1 aliphatic heterocycles. The summed E-state index contributed by atoms with van der Waals surface area (Å²) in [7, 11) is 0. The lowest BCUT2D eigenvalue weighted by Crippen LogP contribution is -2.49. The van der Waals surface area contributed by atoms with Crippen molar-refractivity contribution in [2.45, 2.75) is 45.3 Å². The molecule has 1 fully saturated rings. The second-order valence-electron chi connectivity index (χ2n) is 7.91. The number of halogens is 4. The van der Waals surface area contributed by atoms with Crippen molar-refractivity contribution < 1.29 is 51.3 Å². The molecule has 1 aliphatic rings. The Morgan fingerprint density at radius 2 is 1.65 bits per heavy atom. The summed E-state index contributed by atoms with van der Waals surface area (Å²) in [5.41, 5.74) is 0. The molecule has 34 heavy (non-hydrogen) atoms. The Morgan fingerprint density at radius 1 is 1.09 bits per heavy atom. The number of hydrogen-bond donors (Lipinski definition) is 2. The minimum absolute atomic E-state index is 0.0410. The first-order valence-corrected chi connectivity index (χ1v) is 10.4. The second-order valence-corrected chi connectivity index (χ2v) is 7.91. The summed E-state index contributed by atoms with van der Waals surface area (Å²) in [6, 6.07) is -1.67. The fourth-order valence-electron chi connectivity index (χ4n) is 3.23. The molecule has 1 saturated heterocycles. The van der Waals surface area contributed by atoms with Gasteiger partial charge < -0.3 is 24.8 Å². The summed E-state index contributed by atoms with van der Waals surface area (Å²) in [5, 5.41) is 11.3. The van der Waals surface area contributed by atoms with Gasteiger partial charge in [-0.25, -0.2) is 13.6 Å². The van der Waals surface area contributed by atoms with E-state index in [0.29, 0.717) is 0 Å². The lowest BCUT2D eigenvalue weighted by atomic mass is 9.95. The van der Waals surface area contributed by atoms with Crippen molar-refractivity contribution in [1.82, 2.24) is 10.2 Å². The molecule has 2 N–H and O–H groups in total. The summed E-state index contributed by atoms with van der Waals surface area (Å²) < 4.78 is 63.6. The molecule has 0 bridgehead atoms. The zero-order valence-electron chi connectivity index (χ0n) is 18.4.